The van der Waals surface area contributed by atoms with Crippen LogP contribution in [0.5, 0.6) is 0 Å². The van der Waals surface area contributed by atoms with Gasteiger partial charge in [-0.25, -0.2) is 4.39 Å². The van der Waals surface area contributed by atoms with E-state index in [2.05, 4.69) is 10.00 Å². The third kappa shape index (κ3) is 4.87. The van der Waals surface area contributed by atoms with Gasteiger partial charge < -0.3 is 10.0 Å². The number of carbonyl (C=O) groups is 1. The molecule has 2 aromatic rings. The van der Waals surface area contributed by atoms with Crippen LogP contribution in [0, 0.1) is 5.82 Å². The first kappa shape index (κ1) is 17.6. The van der Waals surface area contributed by atoms with E-state index in [0.717, 1.165) is 13.0 Å². The van der Waals surface area contributed by atoms with Crippen LogP contribution in [0.1, 0.15) is 16.8 Å². The summed E-state index contributed by atoms with van der Waals surface area (Å²) in [7, 11) is 0. The summed E-state index contributed by atoms with van der Waals surface area (Å²) in [5.74, 6) is -0.413. The molecule has 0 spiro atoms. The number of rotatable bonds is 5. The highest BCUT2D eigenvalue weighted by atomic mass is 19.1. The molecule has 134 valence electrons. The van der Waals surface area contributed by atoms with Gasteiger partial charge in [0.2, 0.25) is 0 Å². The lowest BCUT2D eigenvalue weighted by Gasteiger charge is -2.24. The molecule has 3 rings (SSSR count). The second-order valence-corrected chi connectivity index (χ2v) is 6.34. The first-order valence-corrected chi connectivity index (χ1v) is 8.54. The summed E-state index contributed by atoms with van der Waals surface area (Å²) < 4.78 is 14.7. The van der Waals surface area contributed by atoms with Crippen LogP contribution in [0.15, 0.2) is 42.7 Å². The first-order chi connectivity index (χ1) is 12.1. The van der Waals surface area contributed by atoms with Gasteiger partial charge in [0.25, 0.3) is 5.91 Å². The minimum Gasteiger partial charge on any atom is -0.390 e. The number of hydrogen-bond donors (Lipinski definition) is 1. The summed E-state index contributed by atoms with van der Waals surface area (Å²) in [6, 6.07) is 7.49. The van der Waals surface area contributed by atoms with Crippen LogP contribution in [0.2, 0.25) is 0 Å². The minimum atomic E-state index is -0.501. The van der Waals surface area contributed by atoms with Crippen LogP contribution < -0.4 is 0 Å². The zero-order chi connectivity index (χ0) is 17.6. The number of β-amino-alcohol motifs (C(OH)–C–C–N with tert-alkyl or cyclic N) is 1. The number of halogens is 1. The number of carbonyl (C=O) groups excluding carboxylic acids is 1. The topological polar surface area (TPSA) is 61.6 Å². The fraction of sp³-hybridized carbons (Fsp3) is 0.444. The van der Waals surface area contributed by atoms with Crippen molar-refractivity contribution >= 4 is 5.91 Å². The highest BCUT2D eigenvalue weighted by Crippen LogP contribution is 2.11. The van der Waals surface area contributed by atoms with Gasteiger partial charge in [-0.2, -0.15) is 5.10 Å². The molecule has 0 saturated carbocycles. The van der Waals surface area contributed by atoms with Crippen LogP contribution >= 0.6 is 0 Å². The van der Waals surface area contributed by atoms with Crippen LogP contribution in [-0.4, -0.2) is 69.4 Å². The maximum absolute atomic E-state index is 13.0. The van der Waals surface area contributed by atoms with Crippen LogP contribution in [0.3, 0.4) is 0 Å². The summed E-state index contributed by atoms with van der Waals surface area (Å²) in [5, 5.41) is 14.3. The molecule has 1 fully saturated rings. The van der Waals surface area contributed by atoms with E-state index in [1.165, 1.54) is 24.3 Å². The smallest absolute Gasteiger partial charge is 0.253 e. The Hall–Kier alpha value is -2.25. The Bertz CT molecular complexity index is 675. The molecule has 1 N–H and O–H groups in total. The number of nitrogens with zero attached hydrogens (tertiary/aromatic N) is 4. The maximum atomic E-state index is 13.0. The average Bonchev–Trinajstić information content (AvgIpc) is 2.99. The predicted octanol–water partition coefficient (Wildman–Crippen LogP) is 1.23. The monoisotopic (exact) mass is 346 g/mol. The van der Waals surface area contributed by atoms with Crippen molar-refractivity contribution in [1.29, 1.82) is 0 Å². The second-order valence-electron chi connectivity index (χ2n) is 6.34. The van der Waals surface area contributed by atoms with Crippen molar-refractivity contribution in [2.75, 3.05) is 32.7 Å². The highest BCUT2D eigenvalue weighted by molar-refractivity contribution is 5.94. The molecule has 1 aliphatic rings. The second kappa shape index (κ2) is 8.22. The zero-order valence-corrected chi connectivity index (χ0v) is 14.1. The molecule has 0 radical (unpaired) electrons. The zero-order valence-electron chi connectivity index (χ0n) is 14.1. The number of aliphatic hydroxyl groups excluding tert-OH is 1. The molecule has 1 amide bonds. The van der Waals surface area contributed by atoms with E-state index >= 15 is 0 Å². The first-order valence-electron chi connectivity index (χ1n) is 8.54. The molecule has 0 bridgehead atoms. The Morgan fingerprint density at radius 1 is 1.16 bits per heavy atom. The van der Waals surface area contributed by atoms with Crippen molar-refractivity contribution in [3.8, 4) is 0 Å². The van der Waals surface area contributed by atoms with E-state index in [4.69, 9.17) is 0 Å². The number of benzene rings is 1. The molecule has 25 heavy (non-hydrogen) atoms. The maximum Gasteiger partial charge on any atom is 0.253 e. The Morgan fingerprint density at radius 2 is 1.96 bits per heavy atom. The number of aromatic nitrogens is 2. The van der Waals surface area contributed by atoms with Crippen molar-refractivity contribution in [1.82, 2.24) is 19.6 Å². The van der Waals surface area contributed by atoms with Crippen molar-refractivity contribution in [2.24, 2.45) is 0 Å². The van der Waals surface area contributed by atoms with Gasteiger partial charge in [0.05, 0.1) is 12.6 Å². The van der Waals surface area contributed by atoms with E-state index in [1.807, 2.05) is 12.3 Å². The molecule has 6 nitrogen and oxygen atoms in total. The summed E-state index contributed by atoms with van der Waals surface area (Å²) in [6.07, 6.45) is 3.87. The lowest BCUT2D eigenvalue weighted by atomic mass is 10.2. The molecule has 1 saturated heterocycles. The van der Waals surface area contributed by atoms with E-state index in [9.17, 15) is 14.3 Å². The third-order valence-corrected chi connectivity index (χ3v) is 4.39. The van der Waals surface area contributed by atoms with Gasteiger partial charge in [-0.15, -0.1) is 0 Å². The predicted molar refractivity (Wildman–Crippen MR) is 91.6 cm³/mol. The highest BCUT2D eigenvalue weighted by Gasteiger charge is 2.21. The van der Waals surface area contributed by atoms with Gasteiger partial charge in [0.15, 0.2) is 0 Å². The summed E-state index contributed by atoms with van der Waals surface area (Å²) >= 11 is 0. The molecule has 1 aromatic heterocycles. The standard InChI is InChI=1S/C18H23FN4O2/c19-16-5-3-15(4-6-16)18(25)22-9-2-8-21(11-12-22)13-17(24)14-23-10-1-7-20-23/h1,3-7,10,17,24H,2,8-9,11-14H2. The number of amides is 1. The third-order valence-electron chi connectivity index (χ3n) is 4.39. The lowest BCUT2D eigenvalue weighted by Crippen LogP contribution is -2.38. The molecule has 1 aromatic carbocycles. The van der Waals surface area contributed by atoms with Gasteiger partial charge in [0.1, 0.15) is 5.82 Å². The Balaban J connectivity index is 1.51. The van der Waals surface area contributed by atoms with Gasteiger partial charge in [-0.05, 0) is 43.3 Å². The molecule has 7 heteroatoms. The van der Waals surface area contributed by atoms with E-state index in [1.54, 1.807) is 15.8 Å². The van der Waals surface area contributed by atoms with Gasteiger partial charge in [-0.3, -0.25) is 14.4 Å². The summed E-state index contributed by atoms with van der Waals surface area (Å²) in [4.78, 5) is 16.5. The summed E-state index contributed by atoms with van der Waals surface area (Å²) in [6.45, 7) is 3.83. The quantitative estimate of drug-likeness (QED) is 0.885. The van der Waals surface area contributed by atoms with Crippen molar-refractivity contribution in [3.05, 3.63) is 54.1 Å². The van der Waals surface area contributed by atoms with Crippen molar-refractivity contribution < 1.29 is 14.3 Å². The minimum absolute atomic E-state index is 0.0704. The molecule has 0 aliphatic carbocycles. The summed E-state index contributed by atoms with van der Waals surface area (Å²) in [5.41, 5.74) is 0.508. The van der Waals surface area contributed by atoms with Gasteiger partial charge >= 0.3 is 0 Å². The number of hydrogen-bond acceptors (Lipinski definition) is 4. The Morgan fingerprint density at radius 3 is 2.68 bits per heavy atom. The SMILES string of the molecule is O=C(c1ccc(F)cc1)N1CCCN(CC(O)Cn2cccn2)CC1. The average molecular weight is 346 g/mol. The molecule has 1 aliphatic heterocycles. The largest absolute Gasteiger partial charge is 0.390 e. The lowest BCUT2D eigenvalue weighted by molar-refractivity contribution is 0.0749. The fourth-order valence-electron chi connectivity index (χ4n) is 3.11. The van der Waals surface area contributed by atoms with Gasteiger partial charge in [0, 0.05) is 44.1 Å². The van der Waals surface area contributed by atoms with Crippen molar-refractivity contribution in [3.63, 3.8) is 0 Å². The molecular formula is C18H23FN4O2. The van der Waals surface area contributed by atoms with Crippen LogP contribution in [0.25, 0.3) is 0 Å². The normalized spacial score (nSPS) is 17.3. The Labute approximate surface area is 146 Å². The van der Waals surface area contributed by atoms with E-state index in [0.29, 0.717) is 38.3 Å². The van der Waals surface area contributed by atoms with E-state index < -0.39 is 6.10 Å². The van der Waals surface area contributed by atoms with Crippen LogP contribution in [-0.2, 0) is 6.54 Å². The molecule has 1 atom stereocenters. The van der Waals surface area contributed by atoms with Gasteiger partial charge in [-0.1, -0.05) is 0 Å². The Kier molecular flexibility index (Phi) is 5.78. The molecule has 1 unspecified atom stereocenters. The number of aliphatic hydroxyl groups is 1. The molecule has 2 heterocycles. The fourth-order valence-corrected chi connectivity index (χ4v) is 3.11. The van der Waals surface area contributed by atoms with Crippen LogP contribution in [0.4, 0.5) is 4.39 Å². The van der Waals surface area contributed by atoms with E-state index in [-0.39, 0.29) is 11.7 Å². The molecular weight excluding hydrogens is 323 g/mol. The van der Waals surface area contributed by atoms with Crippen molar-refractivity contribution in [2.45, 2.75) is 19.1 Å².